The van der Waals surface area contributed by atoms with Crippen molar-refractivity contribution in [3.63, 3.8) is 0 Å². The summed E-state index contributed by atoms with van der Waals surface area (Å²) >= 11 is 3.30. The monoisotopic (exact) mass is 351 g/mol. The van der Waals surface area contributed by atoms with E-state index in [-0.39, 0.29) is 17.7 Å². The first-order valence-electron chi connectivity index (χ1n) is 6.03. The van der Waals surface area contributed by atoms with E-state index in [9.17, 15) is 14.0 Å². The second-order valence-electron chi connectivity index (χ2n) is 4.35. The van der Waals surface area contributed by atoms with E-state index in [0.717, 1.165) is 28.2 Å². The van der Waals surface area contributed by atoms with Crippen molar-refractivity contribution in [3.05, 3.63) is 63.9 Å². The van der Waals surface area contributed by atoms with Gasteiger partial charge in [-0.2, -0.15) is 0 Å². The smallest absolute Gasteiger partial charge is 0.335 e. The Bertz CT molecular complexity index is 703. The summed E-state index contributed by atoms with van der Waals surface area (Å²) in [5.41, 5.74) is 0.528. The minimum absolute atomic E-state index is 0.0657. The predicted octanol–water partition coefficient (Wildman–Crippen LogP) is 3.47. The van der Waals surface area contributed by atoms with Crippen LogP contribution in [0.3, 0.4) is 0 Å². The molecule has 0 aliphatic carbocycles. The van der Waals surface area contributed by atoms with Crippen LogP contribution in [0, 0.1) is 5.82 Å². The largest absolute Gasteiger partial charge is 0.478 e. The van der Waals surface area contributed by atoms with Crippen molar-refractivity contribution < 1.29 is 19.1 Å². The van der Waals surface area contributed by atoms with E-state index in [4.69, 9.17) is 5.11 Å². The predicted molar refractivity (Wildman–Crippen MR) is 79.8 cm³/mol. The number of carboxylic acid groups (broad SMARTS) is 1. The van der Waals surface area contributed by atoms with Crippen LogP contribution in [-0.4, -0.2) is 17.0 Å². The molecule has 0 saturated heterocycles. The number of aromatic carboxylic acids is 1. The summed E-state index contributed by atoms with van der Waals surface area (Å²) in [7, 11) is 0. The van der Waals surface area contributed by atoms with E-state index in [0.29, 0.717) is 0 Å². The van der Waals surface area contributed by atoms with Gasteiger partial charge in [-0.3, -0.25) is 4.79 Å². The molecule has 0 unspecified atom stereocenters. The zero-order chi connectivity index (χ0) is 15.4. The van der Waals surface area contributed by atoms with Crippen LogP contribution in [0.4, 0.5) is 10.1 Å². The molecule has 0 aliphatic rings. The Morgan fingerprint density at radius 2 is 1.95 bits per heavy atom. The molecule has 0 saturated carbocycles. The molecule has 0 atom stereocenters. The molecule has 21 heavy (non-hydrogen) atoms. The summed E-state index contributed by atoms with van der Waals surface area (Å²) in [6, 6.07) is 10.4. The molecule has 0 spiro atoms. The van der Waals surface area contributed by atoms with E-state index < -0.39 is 17.7 Å². The lowest BCUT2D eigenvalue weighted by molar-refractivity contribution is -0.115. The molecule has 4 nitrogen and oxygen atoms in total. The van der Waals surface area contributed by atoms with Crippen LogP contribution in [-0.2, 0) is 11.2 Å². The topological polar surface area (TPSA) is 66.4 Å². The minimum Gasteiger partial charge on any atom is -0.478 e. The number of anilines is 1. The van der Waals surface area contributed by atoms with Gasteiger partial charge in [0.15, 0.2) is 0 Å². The van der Waals surface area contributed by atoms with E-state index in [1.165, 1.54) is 0 Å². The first-order valence-corrected chi connectivity index (χ1v) is 6.82. The van der Waals surface area contributed by atoms with E-state index in [2.05, 4.69) is 21.2 Å². The maximum absolute atomic E-state index is 13.6. The number of carbonyl (C=O) groups is 2. The second-order valence-corrected chi connectivity index (χ2v) is 5.27. The summed E-state index contributed by atoms with van der Waals surface area (Å²) in [6.07, 6.45) is 0.0657. The first-order chi connectivity index (χ1) is 9.95. The van der Waals surface area contributed by atoms with E-state index >= 15 is 0 Å². The van der Waals surface area contributed by atoms with Gasteiger partial charge in [0.25, 0.3) is 0 Å². The van der Waals surface area contributed by atoms with Gasteiger partial charge in [0.1, 0.15) is 5.82 Å². The molecular weight excluding hydrogens is 341 g/mol. The number of hydrogen-bond acceptors (Lipinski definition) is 2. The lowest BCUT2D eigenvalue weighted by Crippen LogP contribution is -2.16. The maximum Gasteiger partial charge on any atom is 0.335 e. The van der Waals surface area contributed by atoms with Gasteiger partial charge in [0, 0.05) is 4.47 Å². The Morgan fingerprint density at radius 3 is 2.62 bits per heavy atom. The normalized spacial score (nSPS) is 10.2. The van der Waals surface area contributed by atoms with Crippen LogP contribution < -0.4 is 5.32 Å². The summed E-state index contributed by atoms with van der Waals surface area (Å²) < 4.78 is 14.4. The number of rotatable bonds is 4. The number of carboxylic acids is 1. The Hall–Kier alpha value is -2.21. The summed E-state index contributed by atoms with van der Waals surface area (Å²) in [4.78, 5) is 22.7. The SMILES string of the molecule is O=C(Cc1cccc(Br)c1)Nc1cc(C(=O)O)ccc1F. The summed E-state index contributed by atoms with van der Waals surface area (Å²) in [5.74, 6) is -2.28. The second kappa shape index (κ2) is 6.49. The van der Waals surface area contributed by atoms with Crippen molar-refractivity contribution in [3.8, 4) is 0 Å². The molecule has 0 radical (unpaired) electrons. The van der Waals surface area contributed by atoms with Crippen LogP contribution in [0.1, 0.15) is 15.9 Å². The van der Waals surface area contributed by atoms with Gasteiger partial charge < -0.3 is 10.4 Å². The van der Waals surface area contributed by atoms with Gasteiger partial charge >= 0.3 is 5.97 Å². The fourth-order valence-electron chi connectivity index (χ4n) is 1.78. The molecule has 2 N–H and O–H groups in total. The van der Waals surface area contributed by atoms with Gasteiger partial charge in [0.05, 0.1) is 17.7 Å². The number of halogens is 2. The molecule has 0 aliphatic heterocycles. The number of hydrogen-bond donors (Lipinski definition) is 2. The maximum atomic E-state index is 13.6. The standard InChI is InChI=1S/C15H11BrFNO3/c16-11-3-1-2-9(6-11)7-14(19)18-13-8-10(15(20)21)4-5-12(13)17/h1-6,8H,7H2,(H,18,19)(H,20,21). The van der Waals surface area contributed by atoms with Gasteiger partial charge in [-0.05, 0) is 35.9 Å². The molecule has 0 aromatic heterocycles. The number of benzene rings is 2. The molecular formula is C15H11BrFNO3. The molecule has 2 rings (SSSR count). The van der Waals surface area contributed by atoms with Gasteiger partial charge in [-0.25, -0.2) is 9.18 Å². The highest BCUT2D eigenvalue weighted by molar-refractivity contribution is 9.10. The molecule has 1 amide bonds. The average molecular weight is 352 g/mol. The molecule has 0 fully saturated rings. The lowest BCUT2D eigenvalue weighted by atomic mass is 10.1. The fraction of sp³-hybridized carbons (Fsp3) is 0.0667. The number of amides is 1. The zero-order valence-corrected chi connectivity index (χ0v) is 12.4. The Morgan fingerprint density at radius 1 is 1.19 bits per heavy atom. The van der Waals surface area contributed by atoms with Crippen molar-refractivity contribution in [2.24, 2.45) is 0 Å². The van der Waals surface area contributed by atoms with Crippen molar-refractivity contribution in [1.29, 1.82) is 0 Å². The molecule has 6 heteroatoms. The minimum atomic E-state index is -1.18. The highest BCUT2D eigenvalue weighted by atomic mass is 79.9. The summed E-state index contributed by atoms with van der Waals surface area (Å²) in [6.45, 7) is 0. The average Bonchev–Trinajstić information content (AvgIpc) is 2.41. The fourth-order valence-corrected chi connectivity index (χ4v) is 2.23. The van der Waals surface area contributed by atoms with Gasteiger partial charge in [-0.1, -0.05) is 28.1 Å². The zero-order valence-electron chi connectivity index (χ0n) is 10.8. The lowest BCUT2D eigenvalue weighted by Gasteiger charge is -2.08. The Labute approximate surface area is 128 Å². The molecule has 0 bridgehead atoms. The van der Waals surface area contributed by atoms with Crippen molar-refractivity contribution in [2.45, 2.75) is 6.42 Å². The van der Waals surface area contributed by atoms with E-state index in [1.54, 1.807) is 18.2 Å². The quantitative estimate of drug-likeness (QED) is 0.886. The van der Waals surface area contributed by atoms with Gasteiger partial charge in [0.2, 0.25) is 5.91 Å². The van der Waals surface area contributed by atoms with Crippen LogP contribution >= 0.6 is 15.9 Å². The third kappa shape index (κ3) is 4.13. The summed E-state index contributed by atoms with van der Waals surface area (Å²) in [5, 5.41) is 11.2. The number of nitrogens with one attached hydrogen (secondary N) is 1. The van der Waals surface area contributed by atoms with E-state index in [1.807, 2.05) is 6.07 Å². The van der Waals surface area contributed by atoms with Crippen LogP contribution in [0.2, 0.25) is 0 Å². The van der Waals surface area contributed by atoms with Crippen LogP contribution in [0.15, 0.2) is 46.9 Å². The van der Waals surface area contributed by atoms with Crippen molar-refractivity contribution in [2.75, 3.05) is 5.32 Å². The Balaban J connectivity index is 2.12. The van der Waals surface area contributed by atoms with Crippen LogP contribution in [0.5, 0.6) is 0 Å². The third-order valence-corrected chi connectivity index (χ3v) is 3.23. The molecule has 2 aromatic rings. The Kier molecular flexibility index (Phi) is 4.70. The third-order valence-electron chi connectivity index (χ3n) is 2.74. The van der Waals surface area contributed by atoms with Gasteiger partial charge in [-0.15, -0.1) is 0 Å². The van der Waals surface area contributed by atoms with Crippen molar-refractivity contribution in [1.82, 2.24) is 0 Å². The molecule has 0 heterocycles. The molecule has 2 aromatic carbocycles. The highest BCUT2D eigenvalue weighted by Crippen LogP contribution is 2.17. The molecule has 108 valence electrons. The first kappa shape index (κ1) is 15.2. The number of carbonyl (C=O) groups excluding carboxylic acids is 1. The highest BCUT2D eigenvalue weighted by Gasteiger charge is 2.11. The van der Waals surface area contributed by atoms with Crippen LogP contribution in [0.25, 0.3) is 0 Å². The van der Waals surface area contributed by atoms with Crippen molar-refractivity contribution >= 4 is 33.5 Å².